The van der Waals surface area contributed by atoms with Gasteiger partial charge in [0.1, 0.15) is 0 Å². The molecule has 6 nitrogen and oxygen atoms in total. The maximum Gasteiger partial charge on any atom is 0.306 e. The normalized spacial score (nSPS) is 10.2. The second-order valence-electron chi connectivity index (χ2n) is 5.89. The lowest BCUT2D eigenvalue weighted by molar-refractivity contribution is -0.147. The van der Waals surface area contributed by atoms with E-state index in [4.69, 9.17) is 16.3 Å². The zero-order valence-electron chi connectivity index (χ0n) is 15.3. The van der Waals surface area contributed by atoms with E-state index in [0.29, 0.717) is 16.4 Å². The van der Waals surface area contributed by atoms with Gasteiger partial charge in [0.05, 0.1) is 17.1 Å². The average Bonchev–Trinajstić information content (AvgIpc) is 2.68. The lowest BCUT2D eigenvalue weighted by Crippen LogP contribution is -2.22. The minimum absolute atomic E-state index is 0.0711. The first-order chi connectivity index (χ1) is 13.4. The standard InChI is InChI=1S/C20H20BrClN2O4/c1-2-13-11-14(21)7-8-16(13)23-19(26)12-28-20(27)10-9-18(25)24-17-6-4-3-5-15(17)22/h3-8,11H,2,9-10,12H2,1H3,(H,23,26)(H,24,25). The molecule has 0 unspecified atom stereocenters. The summed E-state index contributed by atoms with van der Waals surface area (Å²) >= 11 is 9.34. The fourth-order valence-corrected chi connectivity index (χ4v) is 2.96. The summed E-state index contributed by atoms with van der Waals surface area (Å²) in [7, 11) is 0. The second kappa shape index (κ2) is 10.8. The first-order valence-electron chi connectivity index (χ1n) is 8.67. The molecule has 0 heterocycles. The molecule has 2 N–H and O–H groups in total. The molecule has 0 saturated carbocycles. The molecule has 0 aromatic heterocycles. The van der Waals surface area contributed by atoms with E-state index in [2.05, 4.69) is 26.6 Å². The molecule has 0 atom stereocenters. The SMILES string of the molecule is CCc1cc(Br)ccc1NC(=O)COC(=O)CCC(=O)Nc1ccccc1Cl. The van der Waals surface area contributed by atoms with Crippen LogP contribution in [0.2, 0.25) is 5.02 Å². The van der Waals surface area contributed by atoms with Crippen LogP contribution in [0.15, 0.2) is 46.9 Å². The molecule has 2 aromatic rings. The number of hydrogen-bond acceptors (Lipinski definition) is 4. The van der Waals surface area contributed by atoms with Crippen molar-refractivity contribution in [1.82, 2.24) is 0 Å². The van der Waals surface area contributed by atoms with Crippen molar-refractivity contribution in [3.8, 4) is 0 Å². The van der Waals surface area contributed by atoms with Gasteiger partial charge >= 0.3 is 5.97 Å². The first kappa shape index (κ1) is 21.9. The summed E-state index contributed by atoms with van der Waals surface area (Å²) < 4.78 is 5.85. The van der Waals surface area contributed by atoms with Gasteiger partial charge in [-0.05, 0) is 42.3 Å². The number of rotatable bonds is 8. The minimum atomic E-state index is -0.629. The smallest absolute Gasteiger partial charge is 0.306 e. The summed E-state index contributed by atoms with van der Waals surface area (Å²) in [5.41, 5.74) is 2.11. The number of esters is 1. The van der Waals surface area contributed by atoms with Gasteiger partial charge in [0.25, 0.3) is 5.91 Å². The predicted molar refractivity (Wildman–Crippen MR) is 112 cm³/mol. The highest BCUT2D eigenvalue weighted by Gasteiger charge is 2.12. The molecular weight excluding hydrogens is 448 g/mol. The van der Waals surface area contributed by atoms with Crippen molar-refractivity contribution in [3.63, 3.8) is 0 Å². The van der Waals surface area contributed by atoms with Crippen molar-refractivity contribution in [2.45, 2.75) is 26.2 Å². The Bertz CT molecular complexity index is 873. The molecule has 2 aromatic carbocycles. The van der Waals surface area contributed by atoms with Crippen LogP contribution in [0.4, 0.5) is 11.4 Å². The van der Waals surface area contributed by atoms with Crippen LogP contribution < -0.4 is 10.6 Å². The Kier molecular flexibility index (Phi) is 8.47. The van der Waals surface area contributed by atoms with Crippen molar-refractivity contribution in [2.24, 2.45) is 0 Å². The van der Waals surface area contributed by atoms with E-state index in [1.54, 1.807) is 30.3 Å². The molecule has 0 saturated heterocycles. The van der Waals surface area contributed by atoms with Crippen LogP contribution in [0.3, 0.4) is 0 Å². The average molecular weight is 468 g/mol. The predicted octanol–water partition coefficient (Wildman–Crippen LogP) is 4.57. The molecule has 0 bridgehead atoms. The Morgan fingerprint density at radius 1 is 1.00 bits per heavy atom. The summed E-state index contributed by atoms with van der Waals surface area (Å²) in [6.45, 7) is 1.56. The Labute approximate surface area is 176 Å². The van der Waals surface area contributed by atoms with Gasteiger partial charge in [-0.3, -0.25) is 14.4 Å². The van der Waals surface area contributed by atoms with Gasteiger partial charge in [0, 0.05) is 16.6 Å². The molecule has 0 aliphatic heterocycles. The van der Waals surface area contributed by atoms with E-state index in [9.17, 15) is 14.4 Å². The van der Waals surface area contributed by atoms with Crippen molar-refractivity contribution < 1.29 is 19.1 Å². The van der Waals surface area contributed by atoms with Gasteiger partial charge < -0.3 is 15.4 Å². The molecule has 148 valence electrons. The van der Waals surface area contributed by atoms with Gasteiger partial charge in [-0.2, -0.15) is 0 Å². The molecule has 2 rings (SSSR count). The fourth-order valence-electron chi connectivity index (χ4n) is 2.37. The number of ether oxygens (including phenoxy) is 1. The van der Waals surface area contributed by atoms with E-state index in [0.717, 1.165) is 16.5 Å². The molecule has 0 radical (unpaired) electrons. The highest BCUT2D eigenvalue weighted by molar-refractivity contribution is 9.10. The number of para-hydroxylation sites is 1. The Balaban J connectivity index is 1.74. The van der Waals surface area contributed by atoms with Crippen LogP contribution in [0.1, 0.15) is 25.3 Å². The topological polar surface area (TPSA) is 84.5 Å². The van der Waals surface area contributed by atoms with E-state index in [-0.39, 0.29) is 18.7 Å². The molecular formula is C20H20BrClN2O4. The highest BCUT2D eigenvalue weighted by atomic mass is 79.9. The third-order valence-electron chi connectivity index (χ3n) is 3.79. The number of carbonyl (C=O) groups excluding carboxylic acids is 3. The summed E-state index contributed by atoms with van der Waals surface area (Å²) in [6, 6.07) is 12.3. The van der Waals surface area contributed by atoms with Gasteiger partial charge in [-0.1, -0.05) is 46.6 Å². The molecule has 28 heavy (non-hydrogen) atoms. The Hall–Kier alpha value is -2.38. The number of carbonyl (C=O) groups is 3. The van der Waals surface area contributed by atoms with Crippen molar-refractivity contribution in [3.05, 3.63) is 57.5 Å². The van der Waals surface area contributed by atoms with Gasteiger partial charge in [0.15, 0.2) is 6.61 Å². The van der Waals surface area contributed by atoms with Gasteiger partial charge in [-0.15, -0.1) is 0 Å². The third-order valence-corrected chi connectivity index (χ3v) is 4.61. The van der Waals surface area contributed by atoms with Gasteiger partial charge in [0.2, 0.25) is 5.91 Å². The number of hydrogen-bond donors (Lipinski definition) is 2. The van der Waals surface area contributed by atoms with Crippen LogP contribution in [0.25, 0.3) is 0 Å². The molecule has 0 fully saturated rings. The molecule has 0 aliphatic rings. The third kappa shape index (κ3) is 6.98. The largest absolute Gasteiger partial charge is 0.456 e. The van der Waals surface area contributed by atoms with E-state index < -0.39 is 18.5 Å². The maximum absolute atomic E-state index is 12.0. The van der Waals surface area contributed by atoms with Crippen molar-refractivity contribution in [1.29, 1.82) is 0 Å². The summed E-state index contributed by atoms with van der Waals surface area (Å²) in [4.78, 5) is 35.7. The summed E-state index contributed by atoms with van der Waals surface area (Å²) in [5, 5.41) is 5.75. The monoisotopic (exact) mass is 466 g/mol. The molecule has 8 heteroatoms. The van der Waals surface area contributed by atoms with E-state index in [1.807, 2.05) is 19.1 Å². The van der Waals surface area contributed by atoms with Crippen molar-refractivity contribution >= 4 is 56.7 Å². The lowest BCUT2D eigenvalue weighted by Gasteiger charge is -2.11. The Morgan fingerprint density at radius 2 is 1.71 bits per heavy atom. The number of anilines is 2. The summed E-state index contributed by atoms with van der Waals surface area (Å²) in [5.74, 6) is -1.43. The molecule has 0 spiro atoms. The number of amides is 2. The van der Waals surface area contributed by atoms with Crippen LogP contribution in [0, 0.1) is 0 Å². The van der Waals surface area contributed by atoms with Crippen LogP contribution in [0.5, 0.6) is 0 Å². The molecule has 0 aliphatic carbocycles. The van der Waals surface area contributed by atoms with E-state index >= 15 is 0 Å². The summed E-state index contributed by atoms with van der Waals surface area (Å²) in [6.07, 6.45) is 0.538. The molecule has 2 amide bonds. The van der Waals surface area contributed by atoms with Crippen molar-refractivity contribution in [2.75, 3.05) is 17.2 Å². The van der Waals surface area contributed by atoms with Crippen LogP contribution in [-0.2, 0) is 25.5 Å². The van der Waals surface area contributed by atoms with Crippen LogP contribution in [-0.4, -0.2) is 24.4 Å². The van der Waals surface area contributed by atoms with Crippen LogP contribution >= 0.6 is 27.5 Å². The number of halogens is 2. The van der Waals surface area contributed by atoms with Gasteiger partial charge in [-0.25, -0.2) is 0 Å². The maximum atomic E-state index is 12.0. The fraction of sp³-hybridized carbons (Fsp3) is 0.250. The first-order valence-corrected chi connectivity index (χ1v) is 9.84. The minimum Gasteiger partial charge on any atom is -0.456 e. The zero-order chi connectivity index (χ0) is 20.5. The van der Waals surface area contributed by atoms with E-state index in [1.165, 1.54) is 0 Å². The number of benzene rings is 2. The quantitative estimate of drug-likeness (QED) is 0.557. The highest BCUT2D eigenvalue weighted by Crippen LogP contribution is 2.22. The second-order valence-corrected chi connectivity index (χ2v) is 7.21. The number of nitrogens with one attached hydrogen (secondary N) is 2. The lowest BCUT2D eigenvalue weighted by atomic mass is 10.1. The zero-order valence-corrected chi connectivity index (χ0v) is 17.6. The number of aryl methyl sites for hydroxylation is 1. The Morgan fingerprint density at radius 3 is 2.43 bits per heavy atom.